The molecule has 0 unspecified atom stereocenters. The lowest BCUT2D eigenvalue weighted by molar-refractivity contribution is 0.0950. The SMILES string of the molecule is COc1ccc(CNC(=O)c2cc(C)ccc2C)cc1OC. The predicted octanol–water partition coefficient (Wildman–Crippen LogP) is 3.25. The molecule has 0 aliphatic rings. The molecular weight excluding hydrogens is 278 g/mol. The Balaban J connectivity index is 2.09. The van der Waals surface area contributed by atoms with Crippen molar-refractivity contribution in [3.63, 3.8) is 0 Å². The van der Waals surface area contributed by atoms with E-state index < -0.39 is 0 Å². The van der Waals surface area contributed by atoms with E-state index in [1.165, 1.54) is 0 Å². The normalized spacial score (nSPS) is 10.2. The highest BCUT2D eigenvalue weighted by molar-refractivity contribution is 5.95. The zero-order chi connectivity index (χ0) is 16.1. The topological polar surface area (TPSA) is 47.6 Å². The van der Waals surface area contributed by atoms with Gasteiger partial charge in [0.15, 0.2) is 11.5 Å². The first kappa shape index (κ1) is 15.9. The summed E-state index contributed by atoms with van der Waals surface area (Å²) in [7, 11) is 3.19. The Morgan fingerprint density at radius 1 is 1.00 bits per heavy atom. The highest BCUT2D eigenvalue weighted by atomic mass is 16.5. The fraction of sp³-hybridized carbons (Fsp3) is 0.278. The van der Waals surface area contributed by atoms with Gasteiger partial charge < -0.3 is 14.8 Å². The Morgan fingerprint density at radius 3 is 2.41 bits per heavy atom. The number of carbonyl (C=O) groups is 1. The van der Waals surface area contributed by atoms with Crippen LogP contribution in [0.25, 0.3) is 0 Å². The van der Waals surface area contributed by atoms with Gasteiger partial charge in [-0.2, -0.15) is 0 Å². The quantitative estimate of drug-likeness (QED) is 0.922. The third-order valence-electron chi connectivity index (χ3n) is 3.54. The van der Waals surface area contributed by atoms with Crippen LogP contribution in [0.5, 0.6) is 11.5 Å². The molecule has 116 valence electrons. The number of benzene rings is 2. The minimum atomic E-state index is -0.0732. The van der Waals surface area contributed by atoms with Crippen LogP contribution in [0.3, 0.4) is 0 Å². The molecular formula is C18H21NO3. The molecule has 2 rings (SSSR count). The van der Waals surface area contributed by atoms with Crippen molar-refractivity contribution in [2.75, 3.05) is 14.2 Å². The summed E-state index contributed by atoms with van der Waals surface area (Å²) >= 11 is 0. The third-order valence-corrected chi connectivity index (χ3v) is 3.54. The van der Waals surface area contributed by atoms with Crippen LogP contribution in [0, 0.1) is 13.8 Å². The van der Waals surface area contributed by atoms with E-state index in [2.05, 4.69) is 5.32 Å². The zero-order valence-electron chi connectivity index (χ0n) is 13.4. The largest absolute Gasteiger partial charge is 0.493 e. The van der Waals surface area contributed by atoms with Gasteiger partial charge in [-0.3, -0.25) is 4.79 Å². The van der Waals surface area contributed by atoms with Gasteiger partial charge in [0.2, 0.25) is 0 Å². The monoisotopic (exact) mass is 299 g/mol. The van der Waals surface area contributed by atoms with Gasteiger partial charge in [-0.15, -0.1) is 0 Å². The highest BCUT2D eigenvalue weighted by Crippen LogP contribution is 2.27. The van der Waals surface area contributed by atoms with Gasteiger partial charge in [0, 0.05) is 12.1 Å². The molecule has 0 radical (unpaired) electrons. The maximum absolute atomic E-state index is 12.3. The number of aryl methyl sites for hydroxylation is 2. The lowest BCUT2D eigenvalue weighted by Crippen LogP contribution is -2.23. The molecule has 0 aromatic heterocycles. The van der Waals surface area contributed by atoms with Crippen molar-refractivity contribution in [2.24, 2.45) is 0 Å². The molecule has 0 saturated carbocycles. The van der Waals surface area contributed by atoms with Gasteiger partial charge in [0.05, 0.1) is 14.2 Å². The standard InChI is InChI=1S/C18H21NO3/c1-12-5-6-13(2)15(9-12)18(20)19-11-14-7-8-16(21-3)17(10-14)22-4/h5-10H,11H2,1-4H3,(H,19,20). The number of methoxy groups -OCH3 is 2. The predicted molar refractivity (Wildman–Crippen MR) is 86.6 cm³/mol. The molecule has 1 amide bonds. The van der Waals surface area contributed by atoms with E-state index >= 15 is 0 Å². The summed E-state index contributed by atoms with van der Waals surface area (Å²) in [5.74, 6) is 1.25. The number of hydrogen-bond acceptors (Lipinski definition) is 3. The fourth-order valence-corrected chi connectivity index (χ4v) is 2.25. The van der Waals surface area contributed by atoms with E-state index in [4.69, 9.17) is 9.47 Å². The number of carbonyl (C=O) groups excluding carboxylic acids is 1. The van der Waals surface area contributed by atoms with Crippen molar-refractivity contribution in [2.45, 2.75) is 20.4 Å². The van der Waals surface area contributed by atoms with Crippen molar-refractivity contribution in [3.05, 3.63) is 58.7 Å². The van der Waals surface area contributed by atoms with Crippen molar-refractivity contribution >= 4 is 5.91 Å². The Morgan fingerprint density at radius 2 is 1.73 bits per heavy atom. The molecule has 0 bridgehead atoms. The zero-order valence-corrected chi connectivity index (χ0v) is 13.4. The number of nitrogens with one attached hydrogen (secondary N) is 1. The van der Waals surface area contributed by atoms with Crippen LogP contribution in [0.4, 0.5) is 0 Å². The third kappa shape index (κ3) is 3.58. The number of ether oxygens (including phenoxy) is 2. The van der Waals surface area contributed by atoms with Gasteiger partial charge in [0.25, 0.3) is 5.91 Å². The molecule has 1 N–H and O–H groups in total. The highest BCUT2D eigenvalue weighted by Gasteiger charge is 2.10. The fourth-order valence-electron chi connectivity index (χ4n) is 2.25. The average Bonchev–Trinajstić information content (AvgIpc) is 2.54. The lowest BCUT2D eigenvalue weighted by atomic mass is 10.0. The summed E-state index contributed by atoms with van der Waals surface area (Å²) in [6, 6.07) is 11.5. The first-order valence-electron chi connectivity index (χ1n) is 7.11. The molecule has 2 aromatic carbocycles. The van der Waals surface area contributed by atoms with Crippen LogP contribution in [0.1, 0.15) is 27.0 Å². The van der Waals surface area contributed by atoms with E-state index in [9.17, 15) is 4.79 Å². The van der Waals surface area contributed by atoms with Gasteiger partial charge in [-0.05, 0) is 43.2 Å². The van der Waals surface area contributed by atoms with Gasteiger partial charge in [-0.1, -0.05) is 23.8 Å². The summed E-state index contributed by atoms with van der Waals surface area (Å²) < 4.78 is 10.5. The van der Waals surface area contributed by atoms with Gasteiger partial charge in [0.1, 0.15) is 0 Å². The molecule has 0 saturated heterocycles. The summed E-state index contributed by atoms with van der Waals surface area (Å²) in [5, 5.41) is 2.94. The van der Waals surface area contributed by atoms with E-state index in [1.54, 1.807) is 14.2 Å². The second-order valence-corrected chi connectivity index (χ2v) is 5.19. The van der Waals surface area contributed by atoms with Crippen molar-refractivity contribution in [1.29, 1.82) is 0 Å². The molecule has 0 fully saturated rings. The van der Waals surface area contributed by atoms with E-state index in [1.807, 2.05) is 50.2 Å². The second-order valence-electron chi connectivity index (χ2n) is 5.19. The number of amides is 1. The summed E-state index contributed by atoms with van der Waals surface area (Å²) in [6.45, 7) is 4.35. The van der Waals surface area contributed by atoms with Crippen LogP contribution in [-0.4, -0.2) is 20.1 Å². The molecule has 4 nitrogen and oxygen atoms in total. The number of rotatable bonds is 5. The Hall–Kier alpha value is -2.49. The van der Waals surface area contributed by atoms with Crippen molar-refractivity contribution in [3.8, 4) is 11.5 Å². The summed E-state index contributed by atoms with van der Waals surface area (Å²) in [6.07, 6.45) is 0. The lowest BCUT2D eigenvalue weighted by Gasteiger charge is -2.11. The first-order chi connectivity index (χ1) is 10.5. The minimum absolute atomic E-state index is 0.0732. The van der Waals surface area contributed by atoms with Gasteiger partial charge >= 0.3 is 0 Å². The van der Waals surface area contributed by atoms with Crippen LogP contribution >= 0.6 is 0 Å². The molecule has 0 aliphatic carbocycles. The van der Waals surface area contributed by atoms with Crippen molar-refractivity contribution in [1.82, 2.24) is 5.32 Å². The second kappa shape index (κ2) is 6.98. The van der Waals surface area contributed by atoms with Crippen molar-refractivity contribution < 1.29 is 14.3 Å². The average molecular weight is 299 g/mol. The van der Waals surface area contributed by atoms with Gasteiger partial charge in [-0.25, -0.2) is 0 Å². The maximum Gasteiger partial charge on any atom is 0.251 e. The smallest absolute Gasteiger partial charge is 0.251 e. The summed E-state index contributed by atoms with van der Waals surface area (Å²) in [4.78, 5) is 12.3. The molecule has 0 aliphatic heterocycles. The van der Waals surface area contributed by atoms with Crippen LogP contribution in [0.15, 0.2) is 36.4 Å². The van der Waals surface area contributed by atoms with Crippen LogP contribution in [-0.2, 0) is 6.54 Å². The minimum Gasteiger partial charge on any atom is -0.493 e. The Bertz CT molecular complexity index is 680. The molecule has 2 aromatic rings. The van der Waals surface area contributed by atoms with E-state index in [0.29, 0.717) is 23.6 Å². The Kier molecular flexibility index (Phi) is 5.04. The van der Waals surface area contributed by atoms with E-state index in [0.717, 1.165) is 16.7 Å². The maximum atomic E-state index is 12.3. The molecule has 4 heteroatoms. The summed E-state index contributed by atoms with van der Waals surface area (Å²) in [5.41, 5.74) is 3.70. The van der Waals surface area contributed by atoms with Crippen LogP contribution < -0.4 is 14.8 Å². The van der Waals surface area contributed by atoms with Crippen LogP contribution in [0.2, 0.25) is 0 Å². The Labute approximate surface area is 131 Å². The number of hydrogen-bond donors (Lipinski definition) is 1. The molecule has 0 atom stereocenters. The molecule has 22 heavy (non-hydrogen) atoms. The first-order valence-corrected chi connectivity index (χ1v) is 7.11. The molecule has 0 spiro atoms. The van der Waals surface area contributed by atoms with E-state index in [-0.39, 0.29) is 5.91 Å². The molecule has 0 heterocycles.